The molecular formula is C44H69NO13. The molecule has 0 aromatic carbocycles. The first-order valence-corrected chi connectivity index (χ1v) is 21.2. The lowest BCUT2D eigenvalue weighted by Crippen LogP contribution is -2.64. The van der Waals surface area contributed by atoms with Gasteiger partial charge in [-0.05, 0) is 101 Å². The molecule has 14 atom stereocenters. The largest absolute Gasteiger partial charge is 0.456 e. The number of piperidine rings is 1. The number of cyclic esters (lactones) is 1. The van der Waals surface area contributed by atoms with Gasteiger partial charge in [-0.25, -0.2) is 4.79 Å². The maximum atomic E-state index is 14.3. The maximum Gasteiger partial charge on any atom is 0.329 e. The molecule has 2 unspecified atom stereocenters. The van der Waals surface area contributed by atoms with E-state index in [0.29, 0.717) is 56.1 Å². The lowest BCUT2D eigenvalue weighted by atomic mass is 9.81. The summed E-state index contributed by atoms with van der Waals surface area (Å²) < 4.78 is 29.7. The van der Waals surface area contributed by atoms with Gasteiger partial charge in [-0.1, -0.05) is 39.8 Å². The number of carbonyl (C=O) groups excluding carboxylic acids is 5. The minimum atomic E-state index is -2.53. The number of esters is 1. The third-order valence-electron chi connectivity index (χ3n) is 12.9. The highest BCUT2D eigenvalue weighted by Crippen LogP contribution is 2.39. The molecule has 14 nitrogen and oxygen atoms in total. The number of methoxy groups -OCH3 is 3. The molecule has 1 saturated carbocycles. The maximum absolute atomic E-state index is 14.3. The zero-order valence-corrected chi connectivity index (χ0v) is 36.0. The summed E-state index contributed by atoms with van der Waals surface area (Å²) in [6.07, 6.45) is 1.95. The second kappa shape index (κ2) is 21.1. The predicted octanol–water partition coefficient (Wildman–Crippen LogP) is 4.04. The molecule has 0 spiro atoms. The van der Waals surface area contributed by atoms with Crippen LogP contribution in [-0.2, 0) is 47.7 Å². The molecule has 1 amide bonds. The van der Waals surface area contributed by atoms with Crippen LogP contribution in [0.5, 0.6) is 0 Å². The van der Waals surface area contributed by atoms with E-state index >= 15 is 0 Å². The van der Waals surface area contributed by atoms with Crippen molar-refractivity contribution in [3.05, 3.63) is 23.3 Å². The zero-order chi connectivity index (χ0) is 43.1. The van der Waals surface area contributed by atoms with Crippen LogP contribution in [0, 0.1) is 29.6 Å². The van der Waals surface area contributed by atoms with Gasteiger partial charge in [-0.15, -0.1) is 0 Å². The van der Waals surface area contributed by atoms with Gasteiger partial charge >= 0.3 is 5.97 Å². The first-order chi connectivity index (χ1) is 27.3. The number of hydrogen-bond acceptors (Lipinski definition) is 13. The van der Waals surface area contributed by atoms with Crippen molar-refractivity contribution in [2.75, 3.05) is 27.9 Å². The highest BCUT2D eigenvalue weighted by molar-refractivity contribution is 6.39. The van der Waals surface area contributed by atoms with Crippen molar-refractivity contribution >= 4 is 29.2 Å². The molecule has 3 fully saturated rings. The van der Waals surface area contributed by atoms with Crippen molar-refractivity contribution < 1.29 is 63.0 Å². The van der Waals surface area contributed by atoms with Crippen LogP contribution in [0.15, 0.2) is 23.3 Å². The van der Waals surface area contributed by atoms with E-state index in [1.165, 1.54) is 21.1 Å². The van der Waals surface area contributed by atoms with Gasteiger partial charge in [0.2, 0.25) is 5.79 Å². The molecule has 3 heterocycles. The first-order valence-electron chi connectivity index (χ1n) is 21.2. The monoisotopic (exact) mass is 819 g/mol. The highest BCUT2D eigenvalue weighted by atomic mass is 16.7. The number of Topliss-reactive ketones (excluding diaryl/α,β-unsaturated/α-hetero) is 3. The molecule has 58 heavy (non-hydrogen) atoms. The third-order valence-corrected chi connectivity index (χ3v) is 12.9. The zero-order valence-electron chi connectivity index (χ0n) is 36.0. The van der Waals surface area contributed by atoms with Crippen molar-refractivity contribution in [1.29, 1.82) is 0 Å². The Labute approximate surface area is 344 Å². The normalized spacial score (nSPS) is 39.6. The van der Waals surface area contributed by atoms with Crippen LogP contribution >= 0.6 is 0 Å². The average Bonchev–Trinajstić information content (AvgIpc) is 3.18. The number of nitrogens with zero attached hydrogens (tertiary/aromatic N) is 1. The van der Waals surface area contributed by atoms with E-state index in [0.717, 1.165) is 4.90 Å². The van der Waals surface area contributed by atoms with Gasteiger partial charge in [0.1, 0.15) is 24.0 Å². The fourth-order valence-electron chi connectivity index (χ4n) is 9.53. The molecule has 1 aliphatic carbocycles. The number of aliphatic hydroxyl groups is 3. The molecule has 14 heteroatoms. The molecule has 3 aliphatic heterocycles. The van der Waals surface area contributed by atoms with Gasteiger partial charge in [0.25, 0.3) is 11.7 Å². The quantitative estimate of drug-likeness (QED) is 0.189. The number of carbonyl (C=O) groups is 5. The number of aliphatic hydroxyl groups excluding tert-OH is 2. The average molecular weight is 820 g/mol. The fraction of sp³-hybridized carbons (Fsp3) is 0.795. The Morgan fingerprint density at radius 1 is 0.879 bits per heavy atom. The Morgan fingerprint density at radius 3 is 2.17 bits per heavy atom. The standard InChI is InChI=1S/C44H69NO13/c1-24-16-25(2)18-37(55-8)40-38(56-9)20-27(4)44(53,58-40)41(50)42(51)45-15-11-10-12-32(45)43(52)57-39(26(3)19-30-13-14-33(47)36(22-30)54-7)29(6)34(48)23-35(49)31(17-24)21-28(5)46/h17,19,24-25,27,29-30,32-34,36-40,47-48,53H,10-16,18,20-23H2,1-9H3/t24?,25-,27+,29+,30-,32-,33+,34-,36+,37-,38-,39+,40?,44+/m0/s1. The van der Waals surface area contributed by atoms with Crippen molar-refractivity contribution in [2.24, 2.45) is 29.6 Å². The minimum Gasteiger partial charge on any atom is -0.456 e. The van der Waals surface area contributed by atoms with Crippen LogP contribution in [0.1, 0.15) is 112 Å². The Kier molecular flexibility index (Phi) is 17.4. The van der Waals surface area contributed by atoms with Crippen LogP contribution in [0.25, 0.3) is 0 Å². The third kappa shape index (κ3) is 11.5. The summed E-state index contributed by atoms with van der Waals surface area (Å²) in [7, 11) is 4.56. The number of amides is 1. The topological polar surface area (TPSA) is 195 Å². The number of hydrogen-bond donors (Lipinski definition) is 3. The summed E-state index contributed by atoms with van der Waals surface area (Å²) >= 11 is 0. The highest BCUT2D eigenvalue weighted by Gasteiger charge is 2.56. The van der Waals surface area contributed by atoms with Gasteiger partial charge in [0, 0.05) is 52.6 Å². The fourth-order valence-corrected chi connectivity index (χ4v) is 9.53. The summed E-state index contributed by atoms with van der Waals surface area (Å²) in [6, 6.07) is -1.17. The number of ketones is 3. The van der Waals surface area contributed by atoms with Crippen molar-refractivity contribution in [3.8, 4) is 0 Å². The summed E-state index contributed by atoms with van der Waals surface area (Å²) in [5.74, 6) is -8.07. The lowest BCUT2D eigenvalue weighted by Gasteiger charge is -2.47. The molecule has 4 rings (SSSR count). The van der Waals surface area contributed by atoms with Gasteiger partial charge in [-0.3, -0.25) is 19.2 Å². The van der Waals surface area contributed by atoms with E-state index in [1.807, 2.05) is 19.9 Å². The van der Waals surface area contributed by atoms with E-state index in [1.54, 1.807) is 34.0 Å². The number of rotatable bonds is 7. The van der Waals surface area contributed by atoms with Crippen molar-refractivity contribution in [1.82, 2.24) is 4.90 Å². The molecule has 0 aromatic rings. The van der Waals surface area contributed by atoms with E-state index in [4.69, 9.17) is 23.7 Å². The molecule has 0 aromatic heterocycles. The molecule has 2 bridgehead atoms. The molecule has 328 valence electrons. The first kappa shape index (κ1) is 47.8. The van der Waals surface area contributed by atoms with Crippen molar-refractivity contribution in [2.45, 2.75) is 167 Å². The molecular weight excluding hydrogens is 750 g/mol. The van der Waals surface area contributed by atoms with E-state index in [-0.39, 0.29) is 67.7 Å². The second-order valence-electron chi connectivity index (χ2n) is 17.7. The number of ether oxygens (including phenoxy) is 5. The Hall–Kier alpha value is -2.85. The number of allylic oxidation sites excluding steroid dienone is 3. The summed E-state index contributed by atoms with van der Waals surface area (Å²) in [6.45, 7) is 10.5. The van der Waals surface area contributed by atoms with Crippen molar-refractivity contribution in [3.63, 3.8) is 0 Å². The Bertz CT molecular complexity index is 1530. The molecule has 4 aliphatic rings. The molecule has 3 N–H and O–H groups in total. The van der Waals surface area contributed by atoms with Crippen LogP contribution in [0.4, 0.5) is 0 Å². The summed E-state index contributed by atoms with van der Waals surface area (Å²) in [5.41, 5.74) is 0.905. The van der Waals surface area contributed by atoms with Crippen LogP contribution < -0.4 is 0 Å². The van der Waals surface area contributed by atoms with E-state index < -0.39 is 77.9 Å². The minimum absolute atomic E-state index is 0.0325. The van der Waals surface area contributed by atoms with Gasteiger partial charge in [0.05, 0.1) is 30.5 Å². The van der Waals surface area contributed by atoms with Crippen LogP contribution in [-0.4, -0.2) is 132 Å². The van der Waals surface area contributed by atoms with Gasteiger partial charge in [-0.2, -0.15) is 0 Å². The second-order valence-corrected chi connectivity index (χ2v) is 17.7. The predicted molar refractivity (Wildman–Crippen MR) is 213 cm³/mol. The SMILES string of the molecule is CO[C@H]1C[C@@H](C)CC(C)C=C(CC(C)=O)C(=O)C[C@H](O)[C@@H](C)[C@@H](C(C)=C[C@@H]2CC[C@@H](O)[C@H](OC)C2)OC(=O)[C@@H]2CCCCN2C(=O)C(=O)[C@]2(O)OC1[C@@H](OC)C[C@H]2C. The van der Waals surface area contributed by atoms with E-state index in [9.17, 15) is 39.3 Å². The summed E-state index contributed by atoms with van der Waals surface area (Å²) in [4.78, 5) is 70.3. The van der Waals surface area contributed by atoms with E-state index in [2.05, 4.69) is 0 Å². The Morgan fingerprint density at radius 2 is 1.53 bits per heavy atom. The number of fused-ring (bicyclic) bond motifs is 3. The Balaban J connectivity index is 1.79. The van der Waals surface area contributed by atoms with Gasteiger partial charge in [0.15, 0.2) is 5.78 Å². The smallest absolute Gasteiger partial charge is 0.329 e. The van der Waals surface area contributed by atoms with Crippen LogP contribution in [0.2, 0.25) is 0 Å². The molecule has 0 radical (unpaired) electrons. The van der Waals surface area contributed by atoms with Crippen LogP contribution in [0.3, 0.4) is 0 Å². The van der Waals surface area contributed by atoms with Gasteiger partial charge < -0.3 is 43.9 Å². The lowest BCUT2D eigenvalue weighted by molar-refractivity contribution is -0.302. The summed E-state index contributed by atoms with van der Waals surface area (Å²) in [5, 5.41) is 34.1. The molecule has 2 saturated heterocycles.